The zero-order valence-electron chi connectivity index (χ0n) is 19.8. The molecule has 9 nitrogen and oxygen atoms in total. The molecule has 0 amide bonds. The zero-order chi connectivity index (χ0) is 24.5. The van der Waals surface area contributed by atoms with Crippen molar-refractivity contribution in [1.82, 2.24) is 25.1 Å². The molecule has 0 bridgehead atoms. The molecule has 180 valence electrons. The summed E-state index contributed by atoms with van der Waals surface area (Å²) < 4.78 is 0. The molecular weight excluding hydrogens is 452 g/mol. The van der Waals surface area contributed by atoms with Crippen molar-refractivity contribution in [2.75, 3.05) is 18.0 Å². The summed E-state index contributed by atoms with van der Waals surface area (Å²) >= 11 is 0. The molecule has 1 aliphatic heterocycles. The van der Waals surface area contributed by atoms with E-state index in [2.05, 4.69) is 55.4 Å². The number of fused-ring (bicyclic) bond motifs is 2. The first-order chi connectivity index (χ1) is 17.5. The third-order valence-electron chi connectivity index (χ3n) is 8.70. The molecule has 1 saturated carbocycles. The third-order valence-corrected chi connectivity index (χ3v) is 8.70. The maximum atomic E-state index is 13.3. The average Bonchev–Trinajstić information content (AvgIpc) is 3.53. The van der Waals surface area contributed by atoms with Crippen LogP contribution in [0, 0.1) is 16.7 Å². The maximum absolute atomic E-state index is 13.3. The number of hydrogen-bond acceptors (Lipinski definition) is 7. The lowest BCUT2D eigenvalue weighted by atomic mass is 9.73. The highest BCUT2D eigenvalue weighted by Crippen LogP contribution is 2.54. The van der Waals surface area contributed by atoms with Gasteiger partial charge in [-0.2, -0.15) is 15.3 Å². The van der Waals surface area contributed by atoms with E-state index in [9.17, 15) is 10.1 Å². The van der Waals surface area contributed by atoms with Crippen LogP contribution in [0.25, 0.3) is 11.0 Å². The molecule has 2 fully saturated rings. The summed E-state index contributed by atoms with van der Waals surface area (Å²) in [6.45, 7) is 1.57. The smallest absolute Gasteiger partial charge is 0.263 e. The summed E-state index contributed by atoms with van der Waals surface area (Å²) in [6, 6.07) is 14.3. The fraction of sp³-hybridized carbons (Fsp3) is 0.370. The second kappa shape index (κ2) is 7.48. The number of nitrogens with zero attached hydrogens (tertiary/aromatic N) is 5. The largest absolute Gasteiger partial charge is 0.342 e. The van der Waals surface area contributed by atoms with Crippen molar-refractivity contribution >= 4 is 17.0 Å². The van der Waals surface area contributed by atoms with Crippen LogP contribution >= 0.6 is 0 Å². The number of aromatic nitrogens is 5. The van der Waals surface area contributed by atoms with Crippen molar-refractivity contribution in [3.05, 3.63) is 81.0 Å². The Balaban J connectivity index is 1.17. The highest BCUT2D eigenvalue weighted by Gasteiger charge is 2.50. The van der Waals surface area contributed by atoms with Crippen molar-refractivity contribution in [3.8, 4) is 6.07 Å². The van der Waals surface area contributed by atoms with E-state index in [1.165, 1.54) is 11.1 Å². The normalized spacial score (nSPS) is 21.4. The standard InChI is InChI=1S/C27H26N8O/c28-15-18-13-17(5-10-30-18)27(6-7-27)22-20-23(34-33-22)31-25(32-24(20)36)35-11-8-26(9-12-35)14-16-3-1-2-4-19(16)21(26)29/h1-5,10,13,21H,6-9,11-12,14,29H2,(H2,31,32,33,34,36)/t21-/m1/s1. The Kier molecular flexibility index (Phi) is 4.42. The molecule has 7 rings (SSSR count). The number of rotatable bonds is 3. The number of nitrogens with two attached hydrogens (primary N) is 1. The molecule has 1 spiro atoms. The van der Waals surface area contributed by atoms with Gasteiger partial charge in [0, 0.05) is 30.7 Å². The number of nitrogens with one attached hydrogen (secondary N) is 2. The van der Waals surface area contributed by atoms with Crippen molar-refractivity contribution < 1.29 is 0 Å². The molecule has 4 heterocycles. The van der Waals surface area contributed by atoms with Crippen LogP contribution in [-0.4, -0.2) is 38.2 Å². The van der Waals surface area contributed by atoms with Gasteiger partial charge >= 0.3 is 0 Å². The lowest BCUT2D eigenvalue weighted by Crippen LogP contribution is -2.45. The van der Waals surface area contributed by atoms with E-state index in [-0.39, 0.29) is 22.4 Å². The molecule has 1 saturated heterocycles. The van der Waals surface area contributed by atoms with E-state index >= 15 is 0 Å². The van der Waals surface area contributed by atoms with E-state index in [4.69, 9.17) is 10.7 Å². The van der Waals surface area contributed by atoms with Gasteiger partial charge in [0.1, 0.15) is 17.1 Å². The average molecular weight is 479 g/mol. The van der Waals surface area contributed by atoms with Gasteiger partial charge in [-0.1, -0.05) is 24.3 Å². The SMILES string of the molecule is N#Cc1cc(C2(c3n[nH]c4nc(N5CCC6(CC5)Cc5ccccc5[C@H]6N)[nH]c(=O)c34)CC2)ccn1. The Morgan fingerprint density at radius 2 is 1.94 bits per heavy atom. The lowest BCUT2D eigenvalue weighted by Gasteiger charge is -2.42. The summed E-state index contributed by atoms with van der Waals surface area (Å²) in [5, 5.41) is 17.3. The van der Waals surface area contributed by atoms with Gasteiger partial charge in [-0.25, -0.2) is 4.98 Å². The van der Waals surface area contributed by atoms with Gasteiger partial charge in [0.25, 0.3) is 5.56 Å². The van der Waals surface area contributed by atoms with Gasteiger partial charge in [-0.05, 0) is 66.3 Å². The molecule has 0 radical (unpaired) electrons. The van der Waals surface area contributed by atoms with Gasteiger partial charge in [-0.15, -0.1) is 0 Å². The number of pyridine rings is 1. The van der Waals surface area contributed by atoms with Crippen LogP contribution in [0.2, 0.25) is 0 Å². The van der Waals surface area contributed by atoms with Crippen LogP contribution in [0.4, 0.5) is 5.95 Å². The third kappa shape index (κ3) is 2.97. The zero-order valence-corrected chi connectivity index (χ0v) is 19.8. The van der Waals surface area contributed by atoms with Gasteiger partial charge in [-0.3, -0.25) is 14.9 Å². The van der Waals surface area contributed by atoms with E-state index < -0.39 is 0 Å². The van der Waals surface area contributed by atoms with E-state index in [1.807, 2.05) is 6.07 Å². The fourth-order valence-corrected chi connectivity index (χ4v) is 6.47. The molecule has 4 N–H and O–H groups in total. The molecule has 0 unspecified atom stereocenters. The lowest BCUT2D eigenvalue weighted by molar-refractivity contribution is 0.187. The first kappa shape index (κ1) is 21.3. The second-order valence-corrected chi connectivity index (χ2v) is 10.5. The van der Waals surface area contributed by atoms with Crippen LogP contribution in [0.3, 0.4) is 0 Å². The Morgan fingerprint density at radius 1 is 1.14 bits per heavy atom. The molecule has 36 heavy (non-hydrogen) atoms. The predicted molar refractivity (Wildman–Crippen MR) is 134 cm³/mol. The molecule has 9 heteroatoms. The van der Waals surface area contributed by atoms with Gasteiger partial charge in [0.2, 0.25) is 5.95 Å². The molecule has 3 aromatic heterocycles. The topological polar surface area (TPSA) is 140 Å². The van der Waals surface area contributed by atoms with Crippen molar-refractivity contribution in [3.63, 3.8) is 0 Å². The molecule has 2 aliphatic carbocycles. The van der Waals surface area contributed by atoms with Crippen molar-refractivity contribution in [2.45, 2.75) is 43.6 Å². The highest BCUT2D eigenvalue weighted by atomic mass is 16.1. The minimum absolute atomic E-state index is 0.0463. The van der Waals surface area contributed by atoms with Gasteiger partial charge < -0.3 is 10.6 Å². The second-order valence-electron chi connectivity index (χ2n) is 10.5. The van der Waals surface area contributed by atoms with Gasteiger partial charge in [0.05, 0.1) is 5.69 Å². The quantitative estimate of drug-likeness (QED) is 0.411. The molecule has 1 aromatic carbocycles. The first-order valence-electron chi connectivity index (χ1n) is 12.5. The maximum Gasteiger partial charge on any atom is 0.263 e. The number of hydrogen-bond donors (Lipinski definition) is 3. The monoisotopic (exact) mass is 478 g/mol. The van der Waals surface area contributed by atoms with Crippen molar-refractivity contribution in [2.24, 2.45) is 11.1 Å². The van der Waals surface area contributed by atoms with Crippen LogP contribution in [-0.2, 0) is 11.8 Å². The van der Waals surface area contributed by atoms with Crippen LogP contribution in [0.15, 0.2) is 47.4 Å². The summed E-state index contributed by atoms with van der Waals surface area (Å²) in [5.74, 6) is 0.571. The molecule has 3 aliphatic rings. The Morgan fingerprint density at radius 3 is 2.69 bits per heavy atom. The number of piperidine rings is 1. The minimum atomic E-state index is -0.381. The molecule has 1 atom stereocenters. The Labute approximate surface area is 207 Å². The van der Waals surface area contributed by atoms with Crippen molar-refractivity contribution in [1.29, 1.82) is 5.26 Å². The minimum Gasteiger partial charge on any atom is -0.342 e. The number of nitriles is 1. The van der Waals surface area contributed by atoms with E-state index in [0.717, 1.165) is 50.8 Å². The first-order valence-corrected chi connectivity index (χ1v) is 12.5. The predicted octanol–water partition coefficient (Wildman–Crippen LogP) is 2.84. The van der Waals surface area contributed by atoms with Crippen LogP contribution in [0.5, 0.6) is 0 Å². The highest BCUT2D eigenvalue weighted by molar-refractivity contribution is 5.80. The summed E-state index contributed by atoms with van der Waals surface area (Å²) in [7, 11) is 0. The van der Waals surface area contributed by atoms with Crippen LogP contribution in [0.1, 0.15) is 59.8 Å². The molecule has 4 aromatic rings. The van der Waals surface area contributed by atoms with Gasteiger partial charge in [0.15, 0.2) is 5.65 Å². The van der Waals surface area contributed by atoms with E-state index in [1.54, 1.807) is 12.3 Å². The number of anilines is 1. The summed E-state index contributed by atoms with van der Waals surface area (Å²) in [5.41, 5.74) is 11.4. The summed E-state index contributed by atoms with van der Waals surface area (Å²) in [6.07, 6.45) is 6.27. The summed E-state index contributed by atoms with van der Waals surface area (Å²) in [4.78, 5) is 27.4. The number of benzene rings is 1. The van der Waals surface area contributed by atoms with Crippen LogP contribution < -0.4 is 16.2 Å². The number of aromatic amines is 2. The molecular formula is C27H26N8O. The number of H-pyrrole nitrogens is 2. The fourth-order valence-electron chi connectivity index (χ4n) is 6.47. The Bertz CT molecular complexity index is 1600. The Hall–Kier alpha value is -4.03. The van der Waals surface area contributed by atoms with E-state index in [0.29, 0.717) is 28.4 Å².